The maximum Gasteiger partial charge on any atom is 0.263 e. The van der Waals surface area contributed by atoms with Gasteiger partial charge in [0.1, 0.15) is 4.88 Å². The molecule has 0 unspecified atom stereocenters. The Morgan fingerprint density at radius 3 is 2.68 bits per heavy atom. The second-order valence-electron chi connectivity index (χ2n) is 4.29. The number of nitrogens with zero attached hydrogens (tertiary/aromatic N) is 1. The van der Waals surface area contributed by atoms with E-state index < -0.39 is 0 Å². The van der Waals surface area contributed by atoms with Crippen molar-refractivity contribution in [1.29, 1.82) is 0 Å². The first kappa shape index (κ1) is 13.5. The van der Waals surface area contributed by atoms with Gasteiger partial charge in [0.25, 0.3) is 5.91 Å². The topological polar surface area (TPSA) is 54.0 Å². The van der Waals surface area contributed by atoms with Crippen LogP contribution in [0.2, 0.25) is 0 Å². The molecule has 0 bridgehead atoms. The summed E-state index contributed by atoms with van der Waals surface area (Å²) >= 11 is 1.37. The minimum atomic E-state index is -0.0697. The van der Waals surface area contributed by atoms with Crippen LogP contribution >= 0.6 is 11.3 Å². The Labute approximate surface area is 116 Å². The van der Waals surface area contributed by atoms with Crippen LogP contribution in [0.4, 0.5) is 5.13 Å². The summed E-state index contributed by atoms with van der Waals surface area (Å²) in [6.07, 6.45) is 0. The van der Waals surface area contributed by atoms with E-state index in [1.807, 2.05) is 38.1 Å². The van der Waals surface area contributed by atoms with Crippen LogP contribution in [-0.4, -0.2) is 17.9 Å². The molecule has 1 amide bonds. The van der Waals surface area contributed by atoms with Crippen molar-refractivity contribution in [3.8, 4) is 0 Å². The summed E-state index contributed by atoms with van der Waals surface area (Å²) in [5, 5.41) is 6.65. The molecule has 19 heavy (non-hydrogen) atoms. The lowest BCUT2D eigenvalue weighted by molar-refractivity contribution is 0.0954. The lowest BCUT2D eigenvalue weighted by atomic mass is 10.1. The zero-order valence-electron chi connectivity index (χ0n) is 11.3. The molecule has 0 atom stereocenters. The zero-order chi connectivity index (χ0) is 13.8. The van der Waals surface area contributed by atoms with E-state index in [1.54, 1.807) is 7.05 Å². The van der Waals surface area contributed by atoms with E-state index in [9.17, 15) is 4.79 Å². The molecule has 100 valence electrons. The normalized spacial score (nSPS) is 10.3. The van der Waals surface area contributed by atoms with Gasteiger partial charge in [-0.2, -0.15) is 0 Å². The van der Waals surface area contributed by atoms with Gasteiger partial charge in [0.2, 0.25) is 0 Å². The van der Waals surface area contributed by atoms with Crippen LogP contribution in [0, 0.1) is 13.8 Å². The summed E-state index contributed by atoms with van der Waals surface area (Å²) in [5.41, 5.74) is 3.07. The SMILES string of the molecule is CNc1nc(C)c(C(=O)NCc2ccccc2C)s1. The average molecular weight is 275 g/mol. The monoisotopic (exact) mass is 275 g/mol. The van der Waals surface area contributed by atoms with Crippen molar-refractivity contribution in [3.63, 3.8) is 0 Å². The number of carbonyl (C=O) groups excluding carboxylic acids is 1. The van der Waals surface area contributed by atoms with E-state index in [2.05, 4.69) is 15.6 Å². The number of amides is 1. The molecule has 2 aromatic rings. The number of thiazole rings is 1. The fourth-order valence-corrected chi connectivity index (χ4v) is 2.61. The zero-order valence-corrected chi connectivity index (χ0v) is 12.1. The van der Waals surface area contributed by atoms with Gasteiger partial charge in [-0.25, -0.2) is 4.98 Å². The van der Waals surface area contributed by atoms with E-state index in [0.29, 0.717) is 11.4 Å². The van der Waals surface area contributed by atoms with Gasteiger partial charge in [-0.3, -0.25) is 4.79 Å². The standard InChI is InChI=1S/C14H17N3OS/c1-9-6-4-5-7-11(9)8-16-13(18)12-10(2)17-14(15-3)19-12/h4-7H,8H2,1-3H3,(H,15,17)(H,16,18). The summed E-state index contributed by atoms with van der Waals surface area (Å²) < 4.78 is 0. The number of nitrogens with one attached hydrogen (secondary N) is 2. The molecule has 0 aliphatic heterocycles. The largest absolute Gasteiger partial charge is 0.365 e. The molecule has 0 aliphatic carbocycles. The van der Waals surface area contributed by atoms with Crippen LogP contribution in [0.25, 0.3) is 0 Å². The minimum Gasteiger partial charge on any atom is -0.365 e. The Balaban J connectivity index is 2.05. The van der Waals surface area contributed by atoms with Gasteiger partial charge < -0.3 is 10.6 Å². The summed E-state index contributed by atoms with van der Waals surface area (Å²) in [6, 6.07) is 8.03. The Hall–Kier alpha value is -1.88. The highest BCUT2D eigenvalue weighted by molar-refractivity contribution is 7.17. The lowest BCUT2D eigenvalue weighted by Gasteiger charge is -2.06. The van der Waals surface area contributed by atoms with Crippen LogP contribution in [-0.2, 0) is 6.54 Å². The molecule has 0 aliphatic rings. The van der Waals surface area contributed by atoms with E-state index >= 15 is 0 Å². The number of benzene rings is 1. The van der Waals surface area contributed by atoms with Crippen molar-refractivity contribution in [2.24, 2.45) is 0 Å². The van der Waals surface area contributed by atoms with Crippen molar-refractivity contribution in [1.82, 2.24) is 10.3 Å². The highest BCUT2D eigenvalue weighted by atomic mass is 32.1. The van der Waals surface area contributed by atoms with E-state index in [1.165, 1.54) is 16.9 Å². The van der Waals surface area contributed by atoms with Crippen molar-refractivity contribution in [2.75, 3.05) is 12.4 Å². The predicted molar refractivity (Wildman–Crippen MR) is 78.7 cm³/mol. The first-order valence-electron chi connectivity index (χ1n) is 6.09. The lowest BCUT2D eigenvalue weighted by Crippen LogP contribution is -2.22. The maximum atomic E-state index is 12.1. The molecule has 1 aromatic carbocycles. The van der Waals surface area contributed by atoms with Crippen molar-refractivity contribution in [3.05, 3.63) is 46.0 Å². The highest BCUT2D eigenvalue weighted by Crippen LogP contribution is 2.21. The van der Waals surface area contributed by atoms with Crippen molar-refractivity contribution < 1.29 is 4.79 Å². The highest BCUT2D eigenvalue weighted by Gasteiger charge is 2.14. The van der Waals surface area contributed by atoms with Crippen LogP contribution in [0.1, 0.15) is 26.5 Å². The second kappa shape index (κ2) is 5.84. The fourth-order valence-electron chi connectivity index (χ4n) is 1.78. The molecule has 0 radical (unpaired) electrons. The van der Waals surface area contributed by atoms with Crippen molar-refractivity contribution >= 4 is 22.4 Å². The van der Waals surface area contributed by atoms with Crippen LogP contribution in [0.15, 0.2) is 24.3 Å². The van der Waals surface area contributed by atoms with Gasteiger partial charge >= 0.3 is 0 Å². The first-order chi connectivity index (χ1) is 9.11. The molecule has 0 saturated heterocycles. The Kier molecular flexibility index (Phi) is 4.16. The third-order valence-electron chi connectivity index (χ3n) is 2.92. The number of hydrogen-bond acceptors (Lipinski definition) is 4. The second-order valence-corrected chi connectivity index (χ2v) is 5.29. The van der Waals surface area contributed by atoms with Crippen molar-refractivity contribution in [2.45, 2.75) is 20.4 Å². The fraction of sp³-hybridized carbons (Fsp3) is 0.286. The average Bonchev–Trinajstić information content (AvgIpc) is 2.79. The van der Waals surface area contributed by atoms with Gasteiger partial charge in [-0.1, -0.05) is 35.6 Å². The first-order valence-corrected chi connectivity index (χ1v) is 6.91. The molecule has 1 heterocycles. The summed E-state index contributed by atoms with van der Waals surface area (Å²) in [7, 11) is 1.80. The molecule has 5 heteroatoms. The van der Waals surface area contributed by atoms with Gasteiger partial charge in [0.05, 0.1) is 5.69 Å². The summed E-state index contributed by atoms with van der Waals surface area (Å²) in [5.74, 6) is -0.0697. The number of hydrogen-bond donors (Lipinski definition) is 2. The number of rotatable bonds is 4. The Morgan fingerprint density at radius 1 is 1.32 bits per heavy atom. The van der Waals surface area contributed by atoms with Gasteiger partial charge in [0, 0.05) is 13.6 Å². The van der Waals surface area contributed by atoms with Crippen LogP contribution < -0.4 is 10.6 Å². The maximum absolute atomic E-state index is 12.1. The van der Waals surface area contributed by atoms with E-state index in [4.69, 9.17) is 0 Å². The van der Waals surface area contributed by atoms with Gasteiger partial charge in [-0.15, -0.1) is 0 Å². The number of aromatic nitrogens is 1. The van der Waals surface area contributed by atoms with Gasteiger partial charge in [-0.05, 0) is 25.0 Å². The quantitative estimate of drug-likeness (QED) is 0.902. The molecule has 0 saturated carbocycles. The number of aryl methyl sites for hydroxylation is 2. The molecule has 2 N–H and O–H groups in total. The van der Waals surface area contributed by atoms with Crippen LogP contribution in [0.3, 0.4) is 0 Å². The molecule has 0 spiro atoms. The number of carbonyl (C=O) groups is 1. The van der Waals surface area contributed by atoms with E-state index in [0.717, 1.165) is 16.4 Å². The molecule has 1 aromatic heterocycles. The van der Waals surface area contributed by atoms with Gasteiger partial charge in [0.15, 0.2) is 5.13 Å². The minimum absolute atomic E-state index is 0.0697. The Bertz CT molecular complexity index is 592. The summed E-state index contributed by atoms with van der Waals surface area (Å²) in [4.78, 5) is 17.0. The molecular formula is C14H17N3OS. The third kappa shape index (κ3) is 3.12. The molecule has 4 nitrogen and oxygen atoms in total. The third-order valence-corrected chi connectivity index (χ3v) is 4.09. The molecular weight excluding hydrogens is 258 g/mol. The smallest absolute Gasteiger partial charge is 0.263 e. The Morgan fingerprint density at radius 2 is 2.05 bits per heavy atom. The molecule has 2 rings (SSSR count). The predicted octanol–water partition coefficient (Wildman–Crippen LogP) is 2.73. The summed E-state index contributed by atoms with van der Waals surface area (Å²) in [6.45, 7) is 4.43. The van der Waals surface area contributed by atoms with E-state index in [-0.39, 0.29) is 5.91 Å². The number of anilines is 1. The molecule has 0 fully saturated rings. The van der Waals surface area contributed by atoms with Crippen LogP contribution in [0.5, 0.6) is 0 Å².